The van der Waals surface area contributed by atoms with Crippen LogP contribution in [0.15, 0.2) is 35.5 Å². The number of thioether (sulfide) groups is 1. The standard InChI is InChI=1S/C20H23ClFN5O2S/c21-17-13-18(24-20(23-17)30-14-19(28)27-9-11-29-12-10-27)26-7-5-25(6-8-26)16-4-2-1-3-15(16)22/h1-4,13H,5-12,14H2. The molecule has 0 unspecified atom stereocenters. The molecule has 0 radical (unpaired) electrons. The third-order valence-electron chi connectivity index (χ3n) is 5.15. The van der Waals surface area contributed by atoms with Crippen molar-refractivity contribution in [2.45, 2.75) is 5.16 Å². The van der Waals surface area contributed by atoms with Crippen LogP contribution in [0.25, 0.3) is 0 Å². The predicted octanol–water partition coefficient (Wildman–Crippen LogP) is 2.55. The predicted molar refractivity (Wildman–Crippen MR) is 116 cm³/mol. The average Bonchev–Trinajstić information content (AvgIpc) is 2.78. The first-order valence-electron chi connectivity index (χ1n) is 9.87. The Morgan fingerprint density at radius 2 is 1.77 bits per heavy atom. The number of piperazine rings is 1. The van der Waals surface area contributed by atoms with Crippen LogP contribution in [0.4, 0.5) is 15.9 Å². The normalized spacial score (nSPS) is 17.3. The van der Waals surface area contributed by atoms with Crippen molar-refractivity contribution in [3.63, 3.8) is 0 Å². The molecule has 0 spiro atoms. The molecule has 160 valence electrons. The zero-order chi connectivity index (χ0) is 20.9. The summed E-state index contributed by atoms with van der Waals surface area (Å²) in [5.74, 6) is 0.831. The summed E-state index contributed by atoms with van der Waals surface area (Å²) in [6, 6.07) is 8.55. The van der Waals surface area contributed by atoms with Crippen LogP contribution < -0.4 is 9.80 Å². The first-order valence-corrected chi connectivity index (χ1v) is 11.2. The molecule has 3 heterocycles. The number of para-hydroxylation sites is 1. The molecule has 7 nitrogen and oxygen atoms in total. The molecule has 0 aliphatic carbocycles. The Kier molecular flexibility index (Phi) is 6.91. The molecule has 10 heteroatoms. The highest BCUT2D eigenvalue weighted by Gasteiger charge is 2.22. The van der Waals surface area contributed by atoms with Crippen LogP contribution in [0.2, 0.25) is 5.15 Å². The second-order valence-electron chi connectivity index (χ2n) is 7.04. The molecule has 2 aliphatic rings. The highest BCUT2D eigenvalue weighted by Crippen LogP contribution is 2.25. The van der Waals surface area contributed by atoms with Crippen LogP contribution >= 0.6 is 23.4 Å². The lowest BCUT2D eigenvalue weighted by molar-refractivity contribution is -0.132. The molecule has 0 saturated carbocycles. The Hall–Kier alpha value is -2.10. The van der Waals surface area contributed by atoms with E-state index >= 15 is 0 Å². The van der Waals surface area contributed by atoms with Gasteiger partial charge in [0.2, 0.25) is 5.91 Å². The fourth-order valence-corrected chi connectivity index (χ4v) is 4.51. The Bertz CT molecular complexity index is 891. The van der Waals surface area contributed by atoms with Gasteiger partial charge in [0.1, 0.15) is 16.8 Å². The van der Waals surface area contributed by atoms with E-state index in [1.54, 1.807) is 23.1 Å². The van der Waals surface area contributed by atoms with Gasteiger partial charge in [-0.15, -0.1) is 0 Å². The fourth-order valence-electron chi connectivity index (χ4n) is 3.53. The number of hydrogen-bond donors (Lipinski definition) is 0. The maximum Gasteiger partial charge on any atom is 0.233 e. The number of halogens is 2. The number of benzene rings is 1. The van der Waals surface area contributed by atoms with Crippen LogP contribution in [0.5, 0.6) is 0 Å². The van der Waals surface area contributed by atoms with Crippen molar-refractivity contribution in [3.05, 3.63) is 41.3 Å². The lowest BCUT2D eigenvalue weighted by Crippen LogP contribution is -2.47. The van der Waals surface area contributed by atoms with Gasteiger partial charge < -0.3 is 19.4 Å². The molecule has 2 aromatic rings. The molecule has 2 fully saturated rings. The number of carbonyl (C=O) groups excluding carboxylic acids is 1. The van der Waals surface area contributed by atoms with E-state index in [9.17, 15) is 9.18 Å². The van der Waals surface area contributed by atoms with Gasteiger partial charge in [0.15, 0.2) is 5.16 Å². The number of ether oxygens (including phenoxy) is 1. The number of rotatable bonds is 5. The molecule has 4 rings (SSSR count). The van der Waals surface area contributed by atoms with Crippen molar-refractivity contribution in [2.75, 3.05) is 68.0 Å². The molecular weight excluding hydrogens is 429 g/mol. The Labute approximate surface area is 184 Å². The van der Waals surface area contributed by atoms with E-state index in [-0.39, 0.29) is 17.5 Å². The van der Waals surface area contributed by atoms with Gasteiger partial charge in [0, 0.05) is 45.3 Å². The van der Waals surface area contributed by atoms with Gasteiger partial charge in [-0.1, -0.05) is 35.5 Å². The number of aromatic nitrogens is 2. The van der Waals surface area contributed by atoms with Crippen molar-refractivity contribution in [2.24, 2.45) is 0 Å². The molecule has 1 aromatic heterocycles. The van der Waals surface area contributed by atoms with Gasteiger partial charge in [-0.2, -0.15) is 0 Å². The second kappa shape index (κ2) is 9.80. The molecule has 0 atom stereocenters. The molecule has 2 saturated heterocycles. The molecule has 0 N–H and O–H groups in total. The summed E-state index contributed by atoms with van der Waals surface area (Å²) in [4.78, 5) is 27.1. The zero-order valence-corrected chi connectivity index (χ0v) is 18.0. The molecular formula is C20H23ClFN5O2S. The third-order valence-corrected chi connectivity index (χ3v) is 6.17. The van der Waals surface area contributed by atoms with E-state index in [0.29, 0.717) is 68.5 Å². The third kappa shape index (κ3) is 5.14. The average molecular weight is 452 g/mol. The molecule has 2 aliphatic heterocycles. The Balaban J connectivity index is 1.36. The van der Waals surface area contributed by atoms with Crippen molar-refractivity contribution >= 4 is 40.8 Å². The van der Waals surface area contributed by atoms with E-state index < -0.39 is 0 Å². The minimum absolute atomic E-state index is 0.0481. The summed E-state index contributed by atoms with van der Waals surface area (Å²) < 4.78 is 19.3. The topological polar surface area (TPSA) is 61.8 Å². The van der Waals surface area contributed by atoms with E-state index in [4.69, 9.17) is 16.3 Å². The highest BCUT2D eigenvalue weighted by atomic mass is 35.5. The number of carbonyl (C=O) groups is 1. The monoisotopic (exact) mass is 451 g/mol. The van der Waals surface area contributed by atoms with Crippen LogP contribution in [0, 0.1) is 5.82 Å². The number of morpholine rings is 1. The number of hydrogen-bond acceptors (Lipinski definition) is 7. The summed E-state index contributed by atoms with van der Waals surface area (Å²) >= 11 is 7.50. The van der Waals surface area contributed by atoms with Crippen LogP contribution in [-0.4, -0.2) is 79.0 Å². The van der Waals surface area contributed by atoms with E-state index in [1.807, 2.05) is 11.0 Å². The van der Waals surface area contributed by atoms with Gasteiger partial charge in [0.05, 0.1) is 24.7 Å². The van der Waals surface area contributed by atoms with Crippen molar-refractivity contribution in [1.29, 1.82) is 0 Å². The maximum absolute atomic E-state index is 14.1. The van der Waals surface area contributed by atoms with Gasteiger partial charge in [0.25, 0.3) is 0 Å². The van der Waals surface area contributed by atoms with E-state index in [0.717, 1.165) is 5.82 Å². The SMILES string of the molecule is O=C(CSc1nc(Cl)cc(N2CCN(c3ccccc3F)CC2)n1)N1CCOCC1. The molecule has 1 amide bonds. The van der Waals surface area contributed by atoms with Crippen molar-refractivity contribution in [3.8, 4) is 0 Å². The number of anilines is 2. The summed E-state index contributed by atoms with van der Waals surface area (Å²) in [7, 11) is 0. The van der Waals surface area contributed by atoms with Gasteiger partial charge in [-0.25, -0.2) is 14.4 Å². The van der Waals surface area contributed by atoms with Crippen LogP contribution in [0.1, 0.15) is 0 Å². The van der Waals surface area contributed by atoms with Gasteiger partial charge >= 0.3 is 0 Å². The molecule has 1 aromatic carbocycles. The highest BCUT2D eigenvalue weighted by molar-refractivity contribution is 7.99. The van der Waals surface area contributed by atoms with Gasteiger partial charge in [-0.05, 0) is 12.1 Å². The maximum atomic E-state index is 14.1. The first kappa shape index (κ1) is 21.1. The Morgan fingerprint density at radius 1 is 1.07 bits per heavy atom. The Morgan fingerprint density at radius 3 is 2.50 bits per heavy atom. The number of nitrogens with zero attached hydrogens (tertiary/aromatic N) is 5. The van der Waals surface area contributed by atoms with Crippen molar-refractivity contribution in [1.82, 2.24) is 14.9 Å². The molecule has 30 heavy (non-hydrogen) atoms. The van der Waals surface area contributed by atoms with E-state index in [1.165, 1.54) is 17.8 Å². The second-order valence-corrected chi connectivity index (χ2v) is 8.37. The fraction of sp³-hybridized carbons (Fsp3) is 0.450. The lowest BCUT2D eigenvalue weighted by atomic mass is 10.2. The first-order chi connectivity index (χ1) is 14.6. The number of amides is 1. The minimum atomic E-state index is -0.209. The van der Waals surface area contributed by atoms with Gasteiger partial charge in [-0.3, -0.25) is 4.79 Å². The summed E-state index contributed by atoms with van der Waals surface area (Å²) in [6.45, 7) is 5.14. The minimum Gasteiger partial charge on any atom is -0.378 e. The zero-order valence-electron chi connectivity index (χ0n) is 16.5. The van der Waals surface area contributed by atoms with E-state index in [2.05, 4.69) is 14.9 Å². The summed E-state index contributed by atoms with van der Waals surface area (Å²) in [5, 5.41) is 0.827. The lowest BCUT2D eigenvalue weighted by Gasteiger charge is -2.36. The van der Waals surface area contributed by atoms with Crippen molar-refractivity contribution < 1.29 is 13.9 Å². The van der Waals surface area contributed by atoms with Crippen LogP contribution in [0.3, 0.4) is 0 Å². The summed E-state index contributed by atoms with van der Waals surface area (Å²) in [6.07, 6.45) is 0. The quantitative estimate of drug-likeness (QED) is 0.393. The largest absolute Gasteiger partial charge is 0.378 e. The molecule has 0 bridgehead atoms. The van der Waals surface area contributed by atoms with Crippen LogP contribution in [-0.2, 0) is 9.53 Å². The smallest absolute Gasteiger partial charge is 0.233 e. The summed E-state index contributed by atoms with van der Waals surface area (Å²) in [5.41, 5.74) is 0.621.